The first-order valence-corrected chi connectivity index (χ1v) is 17.7. The molecule has 0 fully saturated rings. The van der Waals surface area contributed by atoms with Gasteiger partial charge < -0.3 is 4.90 Å². The molecule has 0 spiro atoms. The van der Waals surface area contributed by atoms with E-state index in [0.717, 1.165) is 5.69 Å². The summed E-state index contributed by atoms with van der Waals surface area (Å²) in [6.45, 7) is 2.40. The van der Waals surface area contributed by atoms with Gasteiger partial charge >= 0.3 is 0 Å². The third-order valence-corrected chi connectivity index (χ3v) is 12.4. The number of thiophene rings is 2. The second kappa shape index (κ2) is 10.1. The van der Waals surface area contributed by atoms with Gasteiger partial charge in [0.05, 0.1) is 0 Å². The summed E-state index contributed by atoms with van der Waals surface area (Å²) in [6, 6.07) is 58.4. The maximum absolute atomic E-state index is 2.45. The summed E-state index contributed by atoms with van der Waals surface area (Å²) in [4.78, 5) is 2.40. The van der Waals surface area contributed by atoms with Gasteiger partial charge in [-0.2, -0.15) is 0 Å². The molecule has 222 valence electrons. The molecule has 0 aliphatic heterocycles. The Labute approximate surface area is 281 Å². The summed E-state index contributed by atoms with van der Waals surface area (Å²) < 4.78 is 5.27. The van der Waals surface area contributed by atoms with Crippen molar-refractivity contribution in [2.75, 3.05) is 4.90 Å². The summed E-state index contributed by atoms with van der Waals surface area (Å²) in [6.07, 6.45) is 0. The molecule has 1 aliphatic rings. The third kappa shape index (κ3) is 3.94. The number of fused-ring (bicyclic) bond motifs is 9. The molecule has 0 atom stereocenters. The van der Waals surface area contributed by atoms with E-state index in [0.29, 0.717) is 0 Å². The van der Waals surface area contributed by atoms with E-state index >= 15 is 0 Å². The zero-order valence-corrected chi connectivity index (χ0v) is 27.4. The van der Waals surface area contributed by atoms with Gasteiger partial charge in [0.1, 0.15) is 0 Å². The molecule has 1 nitrogen and oxygen atoms in total. The SMILES string of the molecule is CC1(c2ccc3c(c2)sc2cc(N(c4ccccc4)c4ccc5c(c4)sc4ccccc45)ccc23)c2ccccc2-c2ccccc21. The van der Waals surface area contributed by atoms with Gasteiger partial charge in [-0.15, -0.1) is 22.7 Å². The molecule has 0 bridgehead atoms. The number of anilines is 3. The molecule has 2 aromatic heterocycles. The van der Waals surface area contributed by atoms with Crippen molar-refractivity contribution in [3.8, 4) is 11.1 Å². The normalized spacial score (nSPS) is 13.4. The van der Waals surface area contributed by atoms with E-state index in [9.17, 15) is 0 Å². The minimum Gasteiger partial charge on any atom is -0.310 e. The van der Waals surface area contributed by atoms with E-state index < -0.39 is 0 Å². The Hall–Kier alpha value is -5.22. The zero-order chi connectivity index (χ0) is 31.1. The molecule has 7 aromatic carbocycles. The minimum absolute atomic E-state index is 0.196. The van der Waals surface area contributed by atoms with Gasteiger partial charge in [-0.3, -0.25) is 0 Å². The molecule has 0 saturated carbocycles. The van der Waals surface area contributed by atoms with Gasteiger partial charge in [-0.25, -0.2) is 0 Å². The second-order valence-electron chi connectivity index (χ2n) is 12.7. The van der Waals surface area contributed by atoms with Crippen molar-refractivity contribution < 1.29 is 0 Å². The maximum atomic E-state index is 2.45. The van der Waals surface area contributed by atoms with E-state index in [1.807, 2.05) is 22.7 Å². The highest BCUT2D eigenvalue weighted by Crippen LogP contribution is 2.53. The summed E-state index contributed by atoms with van der Waals surface area (Å²) in [5, 5.41) is 5.28. The summed E-state index contributed by atoms with van der Waals surface area (Å²) >= 11 is 3.77. The molecule has 1 aliphatic carbocycles. The predicted molar refractivity (Wildman–Crippen MR) is 204 cm³/mol. The van der Waals surface area contributed by atoms with Crippen molar-refractivity contribution in [3.05, 3.63) is 174 Å². The fourth-order valence-corrected chi connectivity index (χ4v) is 10.2. The monoisotopic (exact) mass is 635 g/mol. The first-order chi connectivity index (χ1) is 23.2. The van der Waals surface area contributed by atoms with Crippen molar-refractivity contribution in [2.24, 2.45) is 0 Å². The molecule has 10 rings (SSSR count). The summed E-state index contributed by atoms with van der Waals surface area (Å²) in [5.41, 5.74) is 10.1. The topological polar surface area (TPSA) is 3.24 Å². The molecule has 2 heterocycles. The first-order valence-electron chi connectivity index (χ1n) is 16.1. The van der Waals surface area contributed by atoms with Crippen molar-refractivity contribution >= 4 is 80.1 Å². The fraction of sp³-hybridized carbons (Fsp3) is 0.0455. The largest absolute Gasteiger partial charge is 0.310 e. The maximum Gasteiger partial charge on any atom is 0.0476 e. The average Bonchev–Trinajstić information content (AvgIpc) is 3.77. The van der Waals surface area contributed by atoms with Crippen LogP contribution in [0.25, 0.3) is 51.5 Å². The van der Waals surface area contributed by atoms with Gasteiger partial charge in [-0.1, -0.05) is 109 Å². The van der Waals surface area contributed by atoms with Crippen LogP contribution < -0.4 is 4.90 Å². The number of nitrogens with zero attached hydrogens (tertiary/aromatic N) is 1. The molecule has 3 heteroatoms. The van der Waals surface area contributed by atoms with Crippen molar-refractivity contribution in [1.29, 1.82) is 0 Å². The number of hydrogen-bond donors (Lipinski definition) is 0. The van der Waals surface area contributed by atoms with Crippen molar-refractivity contribution in [3.63, 3.8) is 0 Å². The van der Waals surface area contributed by atoms with Crippen LogP contribution in [0.5, 0.6) is 0 Å². The molecule has 0 radical (unpaired) electrons. The quantitative estimate of drug-likeness (QED) is 0.186. The Bertz CT molecular complexity index is 2620. The van der Waals surface area contributed by atoms with Crippen molar-refractivity contribution in [2.45, 2.75) is 12.3 Å². The molecule has 47 heavy (non-hydrogen) atoms. The van der Waals surface area contributed by atoms with E-state index in [2.05, 4.69) is 170 Å². The van der Waals surface area contributed by atoms with Gasteiger partial charge in [-0.05, 0) is 83.3 Å². The van der Waals surface area contributed by atoms with Crippen LogP contribution in [-0.4, -0.2) is 0 Å². The predicted octanol–water partition coefficient (Wildman–Crippen LogP) is 13.2. The Morgan fingerprint density at radius 2 is 0.894 bits per heavy atom. The molecule has 0 saturated heterocycles. The Morgan fingerprint density at radius 3 is 1.55 bits per heavy atom. The summed E-state index contributed by atoms with van der Waals surface area (Å²) in [5.74, 6) is 0. The van der Waals surface area contributed by atoms with Crippen LogP contribution in [0.15, 0.2) is 158 Å². The average molecular weight is 636 g/mol. The standard InChI is InChI=1S/C44H29NS2/c1-44(38-16-8-5-13-32(38)33-14-6-9-17-39(33)44)28-19-22-35-37-24-21-31(27-43(37)47-41(35)25-28)45(29-11-3-2-4-12-29)30-20-23-36-34-15-7-10-18-40(34)46-42(36)26-30/h2-27H,1H3. The molecule has 0 N–H and O–H groups in total. The second-order valence-corrected chi connectivity index (χ2v) is 14.8. The minimum atomic E-state index is -0.196. The Morgan fingerprint density at radius 1 is 0.404 bits per heavy atom. The number of para-hydroxylation sites is 1. The number of rotatable bonds is 4. The lowest BCUT2D eigenvalue weighted by atomic mass is 9.74. The van der Waals surface area contributed by atoms with Gasteiger partial charge in [0.15, 0.2) is 0 Å². The molecular weight excluding hydrogens is 607 g/mol. The molecule has 9 aromatic rings. The van der Waals surface area contributed by atoms with Crippen LogP contribution in [-0.2, 0) is 5.41 Å². The molecule has 0 unspecified atom stereocenters. The van der Waals surface area contributed by atoms with E-state index in [1.54, 1.807) is 0 Å². The summed E-state index contributed by atoms with van der Waals surface area (Å²) in [7, 11) is 0. The first kappa shape index (κ1) is 26.9. The van der Waals surface area contributed by atoms with E-state index in [4.69, 9.17) is 0 Å². The van der Waals surface area contributed by atoms with Gasteiger partial charge in [0.25, 0.3) is 0 Å². The molecule has 0 amide bonds. The van der Waals surface area contributed by atoms with E-state index in [-0.39, 0.29) is 5.41 Å². The smallest absolute Gasteiger partial charge is 0.0476 e. The Balaban J connectivity index is 1.12. The van der Waals surface area contributed by atoms with Crippen LogP contribution in [0.3, 0.4) is 0 Å². The highest BCUT2D eigenvalue weighted by Gasteiger charge is 2.40. The highest BCUT2D eigenvalue weighted by molar-refractivity contribution is 7.26. The lowest BCUT2D eigenvalue weighted by Gasteiger charge is -2.28. The number of hydrogen-bond acceptors (Lipinski definition) is 3. The van der Waals surface area contributed by atoms with Crippen LogP contribution in [0.2, 0.25) is 0 Å². The van der Waals surface area contributed by atoms with Gasteiger partial charge in [0.2, 0.25) is 0 Å². The Kier molecular flexibility index (Phi) is 5.81. The zero-order valence-electron chi connectivity index (χ0n) is 25.8. The van der Waals surface area contributed by atoms with Gasteiger partial charge in [0, 0.05) is 62.8 Å². The fourth-order valence-electron chi connectivity index (χ4n) is 7.86. The number of benzene rings is 7. The lowest BCUT2D eigenvalue weighted by molar-refractivity contribution is 0.715. The van der Waals surface area contributed by atoms with Crippen molar-refractivity contribution in [1.82, 2.24) is 0 Å². The van der Waals surface area contributed by atoms with Crippen LogP contribution in [0, 0.1) is 0 Å². The van der Waals surface area contributed by atoms with Crippen LogP contribution >= 0.6 is 22.7 Å². The highest BCUT2D eigenvalue weighted by atomic mass is 32.1. The van der Waals surface area contributed by atoms with Crippen LogP contribution in [0.4, 0.5) is 17.1 Å². The van der Waals surface area contributed by atoms with E-state index in [1.165, 1.54) is 79.5 Å². The lowest BCUT2D eigenvalue weighted by Crippen LogP contribution is -2.22. The van der Waals surface area contributed by atoms with Crippen LogP contribution in [0.1, 0.15) is 23.6 Å². The molecular formula is C44H29NS2. The third-order valence-electron chi connectivity index (χ3n) is 10.1.